The Bertz CT molecular complexity index is 565. The molecular formula is C12H8ClFO2S. The van der Waals surface area contributed by atoms with Crippen molar-refractivity contribution in [3.63, 3.8) is 0 Å². The van der Waals surface area contributed by atoms with Gasteiger partial charge in [0.15, 0.2) is 11.6 Å². The van der Waals surface area contributed by atoms with Crippen molar-refractivity contribution in [2.75, 3.05) is 7.11 Å². The molecule has 0 aliphatic heterocycles. The lowest BCUT2D eigenvalue weighted by Crippen LogP contribution is -2.00. The van der Waals surface area contributed by atoms with Gasteiger partial charge < -0.3 is 4.74 Å². The van der Waals surface area contributed by atoms with Crippen LogP contribution in [-0.2, 0) is 0 Å². The van der Waals surface area contributed by atoms with Crippen LogP contribution in [0.25, 0.3) is 0 Å². The Hall–Kier alpha value is -1.39. The van der Waals surface area contributed by atoms with Gasteiger partial charge in [0.1, 0.15) is 0 Å². The van der Waals surface area contributed by atoms with Crippen LogP contribution in [0.2, 0.25) is 4.34 Å². The molecule has 1 heterocycles. The van der Waals surface area contributed by atoms with E-state index >= 15 is 0 Å². The van der Waals surface area contributed by atoms with Crippen LogP contribution in [0.1, 0.15) is 15.2 Å². The van der Waals surface area contributed by atoms with Crippen molar-refractivity contribution in [1.82, 2.24) is 0 Å². The van der Waals surface area contributed by atoms with Gasteiger partial charge in [-0.15, -0.1) is 11.3 Å². The standard InChI is InChI=1S/C12H8ClFO2S/c1-16-9-6-7(2-3-8(9)14)12(15)10-4-5-11(13)17-10/h2-6H,1H3. The molecule has 0 spiro atoms. The van der Waals surface area contributed by atoms with E-state index in [1.54, 1.807) is 12.1 Å². The monoisotopic (exact) mass is 270 g/mol. The SMILES string of the molecule is COc1cc(C(=O)c2ccc(Cl)s2)ccc1F. The first-order valence-corrected chi connectivity index (χ1v) is 5.95. The molecule has 0 N–H and O–H groups in total. The van der Waals surface area contributed by atoms with Gasteiger partial charge in [-0.2, -0.15) is 0 Å². The summed E-state index contributed by atoms with van der Waals surface area (Å²) in [4.78, 5) is 12.5. The Labute approximate surface area is 107 Å². The maximum Gasteiger partial charge on any atom is 0.203 e. The highest BCUT2D eigenvalue weighted by atomic mass is 35.5. The molecule has 0 radical (unpaired) electrons. The first-order chi connectivity index (χ1) is 8.11. The molecule has 5 heteroatoms. The van der Waals surface area contributed by atoms with Gasteiger partial charge >= 0.3 is 0 Å². The second-order valence-electron chi connectivity index (χ2n) is 3.28. The number of ether oxygens (including phenoxy) is 1. The first-order valence-electron chi connectivity index (χ1n) is 4.75. The molecule has 1 aromatic heterocycles. The fraction of sp³-hybridized carbons (Fsp3) is 0.0833. The second kappa shape index (κ2) is 4.85. The van der Waals surface area contributed by atoms with E-state index in [4.69, 9.17) is 16.3 Å². The van der Waals surface area contributed by atoms with Gasteiger partial charge in [0, 0.05) is 5.56 Å². The van der Waals surface area contributed by atoms with Gasteiger partial charge in [0.05, 0.1) is 16.3 Å². The molecule has 0 fully saturated rings. The van der Waals surface area contributed by atoms with Crippen molar-refractivity contribution in [2.24, 2.45) is 0 Å². The number of halogens is 2. The molecule has 2 nitrogen and oxygen atoms in total. The van der Waals surface area contributed by atoms with Crippen LogP contribution >= 0.6 is 22.9 Å². The smallest absolute Gasteiger partial charge is 0.203 e. The molecule has 0 aliphatic carbocycles. The number of carbonyl (C=O) groups excluding carboxylic acids is 1. The largest absolute Gasteiger partial charge is 0.494 e. The lowest BCUT2D eigenvalue weighted by atomic mass is 10.1. The van der Waals surface area contributed by atoms with Crippen LogP contribution in [0.3, 0.4) is 0 Å². The summed E-state index contributed by atoms with van der Waals surface area (Å²) in [5.74, 6) is -0.632. The van der Waals surface area contributed by atoms with Gasteiger partial charge in [-0.3, -0.25) is 4.79 Å². The Morgan fingerprint density at radius 2 is 2.12 bits per heavy atom. The van der Waals surface area contributed by atoms with Crippen molar-refractivity contribution in [2.45, 2.75) is 0 Å². The van der Waals surface area contributed by atoms with Crippen molar-refractivity contribution >= 4 is 28.7 Å². The molecule has 0 saturated heterocycles. The quantitative estimate of drug-likeness (QED) is 0.794. The third kappa shape index (κ3) is 2.48. The van der Waals surface area contributed by atoms with Crippen molar-refractivity contribution in [3.05, 3.63) is 50.9 Å². The van der Waals surface area contributed by atoms with E-state index in [2.05, 4.69) is 0 Å². The highest BCUT2D eigenvalue weighted by Crippen LogP contribution is 2.26. The maximum absolute atomic E-state index is 13.2. The van der Waals surface area contributed by atoms with Crippen LogP contribution in [0.4, 0.5) is 4.39 Å². The third-order valence-electron chi connectivity index (χ3n) is 2.21. The minimum absolute atomic E-state index is 0.0542. The van der Waals surface area contributed by atoms with Gasteiger partial charge in [0.25, 0.3) is 0 Å². The van der Waals surface area contributed by atoms with E-state index in [0.717, 1.165) is 0 Å². The molecule has 0 aliphatic rings. The topological polar surface area (TPSA) is 26.3 Å². The molecule has 2 aromatic rings. The average molecular weight is 271 g/mol. The van der Waals surface area contributed by atoms with E-state index in [0.29, 0.717) is 14.8 Å². The van der Waals surface area contributed by atoms with Crippen LogP contribution < -0.4 is 4.74 Å². The maximum atomic E-state index is 13.2. The fourth-order valence-corrected chi connectivity index (χ4v) is 2.38. The van der Waals surface area contributed by atoms with Crippen LogP contribution in [0, 0.1) is 5.82 Å². The number of ketones is 1. The summed E-state index contributed by atoms with van der Waals surface area (Å²) in [7, 11) is 1.36. The van der Waals surface area contributed by atoms with E-state index in [1.807, 2.05) is 0 Å². The van der Waals surface area contributed by atoms with Crippen molar-refractivity contribution in [1.29, 1.82) is 0 Å². The predicted molar refractivity (Wildman–Crippen MR) is 65.7 cm³/mol. The lowest BCUT2D eigenvalue weighted by Gasteiger charge is -2.03. The highest BCUT2D eigenvalue weighted by molar-refractivity contribution is 7.18. The average Bonchev–Trinajstić information content (AvgIpc) is 2.75. The minimum atomic E-state index is -0.492. The third-order valence-corrected chi connectivity index (χ3v) is 3.44. The first kappa shape index (κ1) is 12.1. The number of methoxy groups -OCH3 is 1. The summed E-state index contributed by atoms with van der Waals surface area (Å²) >= 11 is 6.95. The number of hydrogen-bond donors (Lipinski definition) is 0. The Morgan fingerprint density at radius 3 is 2.71 bits per heavy atom. The highest BCUT2D eigenvalue weighted by Gasteiger charge is 2.14. The zero-order valence-electron chi connectivity index (χ0n) is 8.87. The Balaban J connectivity index is 2.37. The molecule has 0 atom stereocenters. The lowest BCUT2D eigenvalue weighted by molar-refractivity contribution is 0.104. The van der Waals surface area contributed by atoms with Gasteiger partial charge in [0.2, 0.25) is 5.78 Å². The zero-order valence-corrected chi connectivity index (χ0v) is 10.4. The van der Waals surface area contributed by atoms with E-state index < -0.39 is 5.82 Å². The van der Waals surface area contributed by atoms with E-state index in [1.165, 1.54) is 36.6 Å². The molecule has 0 amide bonds. The summed E-state index contributed by atoms with van der Waals surface area (Å²) in [6, 6.07) is 7.31. The molecule has 0 unspecified atom stereocenters. The fourth-order valence-electron chi connectivity index (χ4n) is 1.38. The number of thiophene rings is 1. The van der Waals surface area contributed by atoms with E-state index in [9.17, 15) is 9.18 Å². The van der Waals surface area contributed by atoms with Gasteiger partial charge in [-0.05, 0) is 30.3 Å². The molecule has 1 aromatic carbocycles. The molecule has 0 bridgehead atoms. The minimum Gasteiger partial charge on any atom is -0.494 e. The number of hydrogen-bond acceptors (Lipinski definition) is 3. The molecule has 17 heavy (non-hydrogen) atoms. The van der Waals surface area contributed by atoms with Crippen LogP contribution in [-0.4, -0.2) is 12.9 Å². The normalized spacial score (nSPS) is 10.3. The summed E-state index contributed by atoms with van der Waals surface area (Å²) in [6.45, 7) is 0. The van der Waals surface area contributed by atoms with Crippen LogP contribution in [0.15, 0.2) is 30.3 Å². The Morgan fingerprint density at radius 1 is 1.35 bits per heavy atom. The molecule has 0 saturated carbocycles. The summed E-state index contributed by atoms with van der Waals surface area (Å²) in [5, 5.41) is 0. The predicted octanol–water partition coefficient (Wildman–Crippen LogP) is 3.78. The summed E-state index contributed by atoms with van der Waals surface area (Å²) < 4.78 is 18.6. The molecule has 88 valence electrons. The van der Waals surface area contributed by atoms with Gasteiger partial charge in [-0.1, -0.05) is 11.6 Å². The summed E-state index contributed by atoms with van der Waals surface area (Å²) in [6.07, 6.45) is 0. The van der Waals surface area contributed by atoms with E-state index in [-0.39, 0.29) is 11.5 Å². The molecular weight excluding hydrogens is 263 g/mol. The number of rotatable bonds is 3. The molecule has 2 rings (SSSR count). The Kier molecular flexibility index (Phi) is 3.45. The summed E-state index contributed by atoms with van der Waals surface area (Å²) in [5.41, 5.74) is 0.377. The van der Waals surface area contributed by atoms with Crippen LogP contribution in [0.5, 0.6) is 5.75 Å². The van der Waals surface area contributed by atoms with Crippen molar-refractivity contribution in [3.8, 4) is 5.75 Å². The second-order valence-corrected chi connectivity index (χ2v) is 5.00. The van der Waals surface area contributed by atoms with Gasteiger partial charge in [-0.25, -0.2) is 4.39 Å². The van der Waals surface area contributed by atoms with Crippen molar-refractivity contribution < 1.29 is 13.9 Å². The zero-order chi connectivity index (χ0) is 12.4. The number of carbonyl (C=O) groups is 1. The number of benzene rings is 1.